The highest BCUT2D eigenvalue weighted by molar-refractivity contribution is 5.31. The standard InChI is InChI=1S/C13H21NO/c1-9(2)14(3)13-11-7-5-4-6-10(11)8-12(13)15/h4-5,7,9-10,12-13,15H,6,8H2,1-3H3/t10?,12-,13+/m1/s1. The van der Waals surface area contributed by atoms with Crippen LogP contribution in [0.4, 0.5) is 0 Å². The maximum absolute atomic E-state index is 10.1. The molecule has 0 amide bonds. The molecule has 2 aliphatic rings. The largest absolute Gasteiger partial charge is 0.391 e. The molecule has 1 fully saturated rings. The zero-order valence-electron chi connectivity index (χ0n) is 9.85. The number of nitrogens with zero attached hydrogens (tertiary/aromatic N) is 1. The van der Waals surface area contributed by atoms with Crippen LogP contribution in [0.3, 0.4) is 0 Å². The predicted octanol–water partition coefficient (Wildman–Crippen LogP) is 1.96. The molecule has 3 atom stereocenters. The summed E-state index contributed by atoms with van der Waals surface area (Å²) in [6, 6.07) is 0.718. The van der Waals surface area contributed by atoms with Crippen molar-refractivity contribution in [3.8, 4) is 0 Å². The highest BCUT2D eigenvalue weighted by atomic mass is 16.3. The molecule has 0 aromatic carbocycles. The summed E-state index contributed by atoms with van der Waals surface area (Å²) in [7, 11) is 2.11. The molecule has 0 aromatic heterocycles. The van der Waals surface area contributed by atoms with Crippen LogP contribution in [0.1, 0.15) is 26.7 Å². The summed E-state index contributed by atoms with van der Waals surface area (Å²) in [5, 5.41) is 10.1. The Labute approximate surface area is 92.3 Å². The van der Waals surface area contributed by atoms with Crippen molar-refractivity contribution >= 4 is 0 Å². The van der Waals surface area contributed by atoms with Crippen molar-refractivity contribution in [3.63, 3.8) is 0 Å². The molecule has 2 nitrogen and oxygen atoms in total. The van der Waals surface area contributed by atoms with E-state index >= 15 is 0 Å². The average molecular weight is 207 g/mol. The Kier molecular flexibility index (Phi) is 2.98. The molecule has 15 heavy (non-hydrogen) atoms. The lowest BCUT2D eigenvalue weighted by molar-refractivity contribution is 0.0820. The fourth-order valence-corrected chi connectivity index (χ4v) is 2.74. The van der Waals surface area contributed by atoms with Gasteiger partial charge in [-0.2, -0.15) is 0 Å². The van der Waals surface area contributed by atoms with Gasteiger partial charge in [0.05, 0.1) is 12.1 Å². The molecule has 0 heterocycles. The predicted molar refractivity (Wildman–Crippen MR) is 62.6 cm³/mol. The molecule has 2 heteroatoms. The van der Waals surface area contributed by atoms with Gasteiger partial charge < -0.3 is 5.11 Å². The monoisotopic (exact) mass is 207 g/mol. The minimum atomic E-state index is -0.187. The number of aliphatic hydroxyl groups excluding tert-OH is 1. The number of aliphatic hydroxyl groups is 1. The molecule has 0 radical (unpaired) electrons. The van der Waals surface area contributed by atoms with Crippen molar-refractivity contribution in [2.24, 2.45) is 5.92 Å². The van der Waals surface area contributed by atoms with Gasteiger partial charge in [0, 0.05) is 6.04 Å². The molecule has 1 saturated carbocycles. The van der Waals surface area contributed by atoms with Gasteiger partial charge in [-0.25, -0.2) is 0 Å². The second kappa shape index (κ2) is 4.11. The van der Waals surface area contributed by atoms with Crippen molar-refractivity contribution in [1.82, 2.24) is 4.90 Å². The van der Waals surface area contributed by atoms with E-state index in [2.05, 4.69) is 44.0 Å². The SMILES string of the molecule is CC(C)N(C)[C@H]1C2=CC=CCC2C[C@H]1O. The maximum Gasteiger partial charge on any atom is 0.0739 e. The van der Waals surface area contributed by atoms with E-state index in [1.807, 2.05) is 0 Å². The van der Waals surface area contributed by atoms with E-state index in [1.54, 1.807) is 0 Å². The summed E-state index contributed by atoms with van der Waals surface area (Å²) in [4.78, 5) is 2.29. The summed E-state index contributed by atoms with van der Waals surface area (Å²) < 4.78 is 0. The molecule has 2 aliphatic carbocycles. The van der Waals surface area contributed by atoms with Gasteiger partial charge in [0.2, 0.25) is 0 Å². The molecule has 0 aromatic rings. The van der Waals surface area contributed by atoms with Crippen LogP contribution in [-0.2, 0) is 0 Å². The Morgan fingerprint density at radius 2 is 2.20 bits per heavy atom. The Morgan fingerprint density at radius 3 is 2.87 bits per heavy atom. The van der Waals surface area contributed by atoms with Gasteiger partial charge >= 0.3 is 0 Å². The van der Waals surface area contributed by atoms with E-state index in [1.165, 1.54) is 5.57 Å². The second-order valence-electron chi connectivity index (χ2n) is 5.03. The van der Waals surface area contributed by atoms with E-state index < -0.39 is 0 Å². The Morgan fingerprint density at radius 1 is 1.47 bits per heavy atom. The van der Waals surface area contributed by atoms with Crippen LogP contribution in [-0.4, -0.2) is 35.2 Å². The van der Waals surface area contributed by atoms with Crippen LogP contribution in [0.25, 0.3) is 0 Å². The molecule has 0 aliphatic heterocycles. The molecule has 0 saturated heterocycles. The molecule has 0 bridgehead atoms. The Hall–Kier alpha value is -0.600. The number of rotatable bonds is 2. The number of hydrogen-bond donors (Lipinski definition) is 1. The maximum atomic E-state index is 10.1. The molecule has 1 unspecified atom stereocenters. The fraction of sp³-hybridized carbons (Fsp3) is 0.692. The van der Waals surface area contributed by atoms with Crippen molar-refractivity contribution in [2.45, 2.75) is 44.9 Å². The lowest BCUT2D eigenvalue weighted by atomic mass is 9.93. The Bertz CT molecular complexity index is 293. The number of fused-ring (bicyclic) bond motifs is 1. The summed E-state index contributed by atoms with van der Waals surface area (Å²) in [5.74, 6) is 0.580. The van der Waals surface area contributed by atoms with Gasteiger partial charge in [-0.05, 0) is 45.2 Å². The number of allylic oxidation sites excluding steroid dienone is 3. The smallest absolute Gasteiger partial charge is 0.0739 e. The van der Waals surface area contributed by atoms with Gasteiger partial charge in [0.25, 0.3) is 0 Å². The van der Waals surface area contributed by atoms with E-state index in [4.69, 9.17) is 0 Å². The topological polar surface area (TPSA) is 23.5 Å². The van der Waals surface area contributed by atoms with Gasteiger partial charge in [0.1, 0.15) is 0 Å². The number of likely N-dealkylation sites (N-methyl/N-ethyl adjacent to an activating group) is 1. The molecule has 2 rings (SSSR count). The molecule has 1 N–H and O–H groups in total. The molecule has 0 spiro atoms. The van der Waals surface area contributed by atoms with E-state index in [0.717, 1.165) is 12.8 Å². The number of hydrogen-bond acceptors (Lipinski definition) is 2. The minimum Gasteiger partial charge on any atom is -0.391 e. The van der Waals surface area contributed by atoms with Crippen LogP contribution in [0.15, 0.2) is 23.8 Å². The fourth-order valence-electron chi connectivity index (χ4n) is 2.74. The first-order valence-corrected chi connectivity index (χ1v) is 5.88. The van der Waals surface area contributed by atoms with E-state index in [0.29, 0.717) is 12.0 Å². The van der Waals surface area contributed by atoms with E-state index in [-0.39, 0.29) is 12.1 Å². The highest BCUT2D eigenvalue weighted by Gasteiger charge is 2.40. The average Bonchev–Trinajstić information content (AvgIpc) is 2.52. The second-order valence-corrected chi connectivity index (χ2v) is 5.03. The van der Waals surface area contributed by atoms with Crippen LogP contribution in [0, 0.1) is 5.92 Å². The van der Waals surface area contributed by atoms with Crippen molar-refractivity contribution in [1.29, 1.82) is 0 Å². The van der Waals surface area contributed by atoms with Crippen molar-refractivity contribution < 1.29 is 5.11 Å². The zero-order valence-corrected chi connectivity index (χ0v) is 9.85. The molecule has 84 valence electrons. The van der Waals surface area contributed by atoms with Gasteiger partial charge in [-0.15, -0.1) is 0 Å². The third-order valence-electron chi connectivity index (χ3n) is 3.80. The van der Waals surface area contributed by atoms with Crippen LogP contribution in [0.5, 0.6) is 0 Å². The summed E-state index contributed by atoms with van der Waals surface area (Å²) >= 11 is 0. The quantitative estimate of drug-likeness (QED) is 0.748. The van der Waals surface area contributed by atoms with Gasteiger partial charge in [-0.3, -0.25) is 4.90 Å². The lowest BCUT2D eigenvalue weighted by Crippen LogP contribution is -2.42. The third kappa shape index (κ3) is 1.88. The normalized spacial score (nSPS) is 34.8. The first-order chi connectivity index (χ1) is 7.11. The lowest BCUT2D eigenvalue weighted by Gasteiger charge is -2.32. The highest BCUT2D eigenvalue weighted by Crippen LogP contribution is 2.39. The van der Waals surface area contributed by atoms with Gasteiger partial charge in [-0.1, -0.05) is 18.2 Å². The first-order valence-electron chi connectivity index (χ1n) is 5.88. The third-order valence-corrected chi connectivity index (χ3v) is 3.80. The van der Waals surface area contributed by atoms with Gasteiger partial charge in [0.15, 0.2) is 0 Å². The van der Waals surface area contributed by atoms with Crippen LogP contribution in [0.2, 0.25) is 0 Å². The Balaban J connectivity index is 2.22. The van der Waals surface area contributed by atoms with Crippen molar-refractivity contribution in [2.75, 3.05) is 7.05 Å². The molecular weight excluding hydrogens is 186 g/mol. The summed E-state index contributed by atoms with van der Waals surface area (Å²) in [6.45, 7) is 4.36. The summed E-state index contributed by atoms with van der Waals surface area (Å²) in [6.07, 6.45) is 8.38. The summed E-state index contributed by atoms with van der Waals surface area (Å²) in [5.41, 5.74) is 1.43. The minimum absolute atomic E-state index is 0.187. The zero-order chi connectivity index (χ0) is 11.0. The first kappa shape index (κ1) is 10.9. The van der Waals surface area contributed by atoms with Crippen LogP contribution < -0.4 is 0 Å². The van der Waals surface area contributed by atoms with Crippen molar-refractivity contribution in [3.05, 3.63) is 23.8 Å². The van der Waals surface area contributed by atoms with E-state index in [9.17, 15) is 5.11 Å². The van der Waals surface area contributed by atoms with Crippen LogP contribution >= 0.6 is 0 Å². The molecular formula is C13H21NO.